The number of fused-ring (bicyclic) bond motifs is 1. The third-order valence-electron chi connectivity index (χ3n) is 3.40. The number of nitrogens with zero attached hydrogens (tertiary/aromatic N) is 5. The van der Waals surface area contributed by atoms with Gasteiger partial charge in [0.1, 0.15) is 17.7 Å². The van der Waals surface area contributed by atoms with Gasteiger partial charge in [0.05, 0.1) is 12.7 Å². The Kier molecular flexibility index (Phi) is 2.71. The van der Waals surface area contributed by atoms with Crippen molar-refractivity contribution in [3.05, 3.63) is 18.3 Å². The molecule has 2 aromatic rings. The Hall–Kier alpha value is -1.79. The average Bonchev–Trinajstić information content (AvgIpc) is 2.90. The van der Waals surface area contributed by atoms with Crippen molar-refractivity contribution in [2.75, 3.05) is 18.1 Å². The van der Waals surface area contributed by atoms with Crippen LogP contribution >= 0.6 is 0 Å². The Morgan fingerprint density at radius 3 is 2.60 bits per heavy atom. The van der Waals surface area contributed by atoms with Gasteiger partial charge in [0, 0.05) is 18.4 Å². The Bertz CT molecular complexity index is 644. The summed E-state index contributed by atoms with van der Waals surface area (Å²) in [4.78, 5) is 13.0. The normalized spacial score (nSPS) is 18.9. The van der Waals surface area contributed by atoms with E-state index in [4.69, 9.17) is 0 Å². The maximum Gasteiger partial charge on any atom is 0.268 e. The molecule has 7 heteroatoms. The van der Waals surface area contributed by atoms with E-state index in [1.54, 1.807) is 15.9 Å². The van der Waals surface area contributed by atoms with Crippen LogP contribution in [0.15, 0.2) is 12.5 Å². The minimum atomic E-state index is -2.64. The largest absolute Gasteiger partial charge is 0.304 e. The first-order valence-corrected chi connectivity index (χ1v) is 6.60. The zero-order valence-electron chi connectivity index (χ0n) is 11.8. The molecule has 0 radical (unpaired) electrons. The molecule has 1 aliphatic rings. The Labute approximate surface area is 115 Å². The molecule has 0 aromatic carbocycles. The van der Waals surface area contributed by atoms with Gasteiger partial charge in [-0.2, -0.15) is 0 Å². The highest BCUT2D eigenvalue weighted by atomic mass is 19.3. The summed E-state index contributed by atoms with van der Waals surface area (Å²) >= 11 is 0. The molecule has 1 aliphatic heterocycles. The van der Waals surface area contributed by atoms with Crippen molar-refractivity contribution in [2.24, 2.45) is 0 Å². The van der Waals surface area contributed by atoms with Crippen LogP contribution in [0.2, 0.25) is 0 Å². The molecule has 0 saturated carbocycles. The van der Waals surface area contributed by atoms with Gasteiger partial charge in [-0.25, -0.2) is 28.4 Å². The lowest BCUT2D eigenvalue weighted by atomic mass is 9.96. The van der Waals surface area contributed by atoms with E-state index in [1.165, 1.54) is 6.33 Å². The Balaban J connectivity index is 2.04. The molecule has 3 rings (SSSR count). The van der Waals surface area contributed by atoms with E-state index in [0.29, 0.717) is 23.5 Å². The van der Waals surface area contributed by atoms with Crippen molar-refractivity contribution in [2.45, 2.75) is 38.5 Å². The van der Waals surface area contributed by atoms with Gasteiger partial charge in [-0.1, -0.05) is 20.8 Å². The summed E-state index contributed by atoms with van der Waals surface area (Å²) in [7, 11) is 0. The first-order valence-electron chi connectivity index (χ1n) is 6.60. The second-order valence-corrected chi connectivity index (χ2v) is 6.24. The van der Waals surface area contributed by atoms with Gasteiger partial charge in [0.15, 0.2) is 5.65 Å². The number of hydrogen-bond donors (Lipinski definition) is 0. The van der Waals surface area contributed by atoms with Gasteiger partial charge < -0.3 is 5.01 Å². The van der Waals surface area contributed by atoms with Crippen LogP contribution in [0.25, 0.3) is 11.2 Å². The minimum absolute atomic E-state index is 0.135. The summed E-state index contributed by atoms with van der Waals surface area (Å²) in [5, 5.41) is 1.58. The van der Waals surface area contributed by atoms with Crippen LogP contribution in [0.5, 0.6) is 0 Å². The first-order chi connectivity index (χ1) is 9.26. The van der Waals surface area contributed by atoms with Crippen LogP contribution in [-0.2, 0) is 5.41 Å². The zero-order valence-corrected chi connectivity index (χ0v) is 11.8. The zero-order chi connectivity index (χ0) is 14.5. The SMILES string of the molecule is CC(C)(C)c1ncc2ncn(N3CCC(F)(F)C3)c2n1. The summed E-state index contributed by atoms with van der Waals surface area (Å²) in [6.45, 7) is 6.04. The molecule has 108 valence electrons. The highest BCUT2D eigenvalue weighted by molar-refractivity contribution is 5.70. The molecule has 0 N–H and O–H groups in total. The highest BCUT2D eigenvalue weighted by Gasteiger charge is 2.39. The number of hydrogen-bond acceptors (Lipinski definition) is 4. The maximum absolute atomic E-state index is 13.3. The molecular formula is C13H17F2N5. The predicted molar refractivity (Wildman–Crippen MR) is 71.5 cm³/mol. The summed E-state index contributed by atoms with van der Waals surface area (Å²) < 4.78 is 28.3. The molecule has 1 fully saturated rings. The standard InChI is InChI=1S/C13H17F2N5/c1-12(2,3)11-16-6-9-10(18-11)20(8-17-9)19-5-4-13(14,15)7-19/h6,8H,4-5,7H2,1-3H3. The van der Waals surface area contributed by atoms with Crippen molar-refractivity contribution >= 4 is 11.2 Å². The lowest BCUT2D eigenvalue weighted by Crippen LogP contribution is -2.34. The topological polar surface area (TPSA) is 46.8 Å². The summed E-state index contributed by atoms with van der Waals surface area (Å²) in [6.07, 6.45) is 3.05. The molecule has 1 saturated heterocycles. The molecule has 2 aromatic heterocycles. The van der Waals surface area contributed by atoms with Gasteiger partial charge in [-0.05, 0) is 0 Å². The van der Waals surface area contributed by atoms with Crippen LogP contribution in [0, 0.1) is 0 Å². The molecule has 0 unspecified atom stereocenters. The molecule has 0 bridgehead atoms. The second kappa shape index (κ2) is 4.10. The van der Waals surface area contributed by atoms with E-state index >= 15 is 0 Å². The van der Waals surface area contributed by atoms with Gasteiger partial charge in [0.25, 0.3) is 5.92 Å². The smallest absolute Gasteiger partial charge is 0.268 e. The molecule has 20 heavy (non-hydrogen) atoms. The lowest BCUT2D eigenvalue weighted by Gasteiger charge is -2.20. The molecule has 0 atom stereocenters. The maximum atomic E-state index is 13.3. The third kappa shape index (κ3) is 2.21. The third-order valence-corrected chi connectivity index (χ3v) is 3.40. The van der Waals surface area contributed by atoms with E-state index in [1.807, 2.05) is 20.8 Å². The average molecular weight is 281 g/mol. The molecule has 0 aliphatic carbocycles. The molecule has 5 nitrogen and oxygen atoms in total. The van der Waals surface area contributed by atoms with Gasteiger partial charge >= 0.3 is 0 Å². The van der Waals surface area contributed by atoms with Gasteiger partial charge in [0.2, 0.25) is 0 Å². The monoisotopic (exact) mass is 281 g/mol. The van der Waals surface area contributed by atoms with Crippen molar-refractivity contribution in [1.29, 1.82) is 0 Å². The van der Waals surface area contributed by atoms with E-state index < -0.39 is 5.92 Å². The van der Waals surface area contributed by atoms with Gasteiger partial charge in [-0.3, -0.25) is 0 Å². The van der Waals surface area contributed by atoms with Crippen LogP contribution < -0.4 is 5.01 Å². The van der Waals surface area contributed by atoms with E-state index in [-0.39, 0.29) is 18.4 Å². The van der Waals surface area contributed by atoms with Crippen LogP contribution in [0.3, 0.4) is 0 Å². The number of imidazole rings is 1. The van der Waals surface area contributed by atoms with Crippen LogP contribution in [0.4, 0.5) is 8.78 Å². The Morgan fingerprint density at radius 2 is 2.00 bits per heavy atom. The van der Waals surface area contributed by atoms with Crippen molar-refractivity contribution in [1.82, 2.24) is 19.6 Å². The molecule has 3 heterocycles. The summed E-state index contributed by atoms with van der Waals surface area (Å²) in [5.41, 5.74) is 1.01. The molecular weight excluding hydrogens is 264 g/mol. The number of alkyl halides is 2. The fourth-order valence-electron chi connectivity index (χ4n) is 2.27. The van der Waals surface area contributed by atoms with Crippen molar-refractivity contribution in [3.63, 3.8) is 0 Å². The van der Waals surface area contributed by atoms with E-state index in [9.17, 15) is 8.78 Å². The van der Waals surface area contributed by atoms with E-state index in [0.717, 1.165) is 0 Å². The van der Waals surface area contributed by atoms with Gasteiger partial charge in [-0.15, -0.1) is 0 Å². The second-order valence-electron chi connectivity index (χ2n) is 6.24. The highest BCUT2D eigenvalue weighted by Crippen LogP contribution is 2.27. The number of halogens is 2. The lowest BCUT2D eigenvalue weighted by molar-refractivity contribution is 0.0244. The fourth-order valence-corrected chi connectivity index (χ4v) is 2.27. The summed E-state index contributed by atoms with van der Waals surface area (Å²) in [6, 6.07) is 0. The summed E-state index contributed by atoms with van der Waals surface area (Å²) in [5.74, 6) is -1.96. The predicted octanol–water partition coefficient (Wildman–Crippen LogP) is 2.10. The fraction of sp³-hybridized carbons (Fsp3) is 0.615. The quantitative estimate of drug-likeness (QED) is 0.803. The van der Waals surface area contributed by atoms with Crippen molar-refractivity contribution < 1.29 is 8.78 Å². The minimum Gasteiger partial charge on any atom is -0.304 e. The number of rotatable bonds is 1. The molecule has 0 amide bonds. The first kappa shape index (κ1) is 13.2. The van der Waals surface area contributed by atoms with Crippen molar-refractivity contribution in [3.8, 4) is 0 Å². The Morgan fingerprint density at radius 1 is 1.25 bits per heavy atom. The number of aromatic nitrogens is 4. The van der Waals surface area contributed by atoms with Crippen LogP contribution in [0.1, 0.15) is 33.0 Å². The molecule has 0 spiro atoms. The van der Waals surface area contributed by atoms with Crippen LogP contribution in [-0.4, -0.2) is 38.6 Å². The van der Waals surface area contributed by atoms with E-state index in [2.05, 4.69) is 15.0 Å².